The van der Waals surface area contributed by atoms with Crippen LogP contribution in [0.2, 0.25) is 0 Å². The van der Waals surface area contributed by atoms with E-state index in [2.05, 4.69) is 32.5 Å². The van der Waals surface area contributed by atoms with E-state index in [0.717, 1.165) is 5.56 Å². The Morgan fingerprint density at radius 3 is 2.91 bits per heavy atom. The van der Waals surface area contributed by atoms with Crippen LogP contribution >= 0.6 is 0 Å². The zero-order valence-corrected chi connectivity index (χ0v) is 12.5. The molecule has 2 aromatic heterocycles. The molecule has 0 spiro atoms. The van der Waals surface area contributed by atoms with Gasteiger partial charge in [0.15, 0.2) is 0 Å². The van der Waals surface area contributed by atoms with Gasteiger partial charge in [0, 0.05) is 30.2 Å². The highest BCUT2D eigenvalue weighted by atomic mass is 16.2. The fourth-order valence-electron chi connectivity index (χ4n) is 2.83. The summed E-state index contributed by atoms with van der Waals surface area (Å²) in [6.07, 6.45) is 13.9. The standard InChI is InChI=1S/C17H20N4O/c22-17(16-8-4-5-10-18-16)20-19-12-14-9-11-21(13-14)15-6-2-1-3-7-15/h4-5,8-13,15H,1-3,6-7H2,(H,20,22)/b19-12-. The van der Waals surface area contributed by atoms with Crippen molar-refractivity contribution in [2.45, 2.75) is 38.1 Å². The van der Waals surface area contributed by atoms with Crippen molar-refractivity contribution in [1.82, 2.24) is 15.0 Å². The van der Waals surface area contributed by atoms with Crippen molar-refractivity contribution in [3.8, 4) is 0 Å². The Morgan fingerprint density at radius 2 is 2.14 bits per heavy atom. The van der Waals surface area contributed by atoms with Crippen molar-refractivity contribution in [2.75, 3.05) is 0 Å². The third kappa shape index (κ3) is 3.61. The molecule has 0 atom stereocenters. The average molecular weight is 296 g/mol. The van der Waals surface area contributed by atoms with Crippen LogP contribution in [0.1, 0.15) is 54.2 Å². The van der Waals surface area contributed by atoms with Crippen LogP contribution in [0.15, 0.2) is 48.0 Å². The van der Waals surface area contributed by atoms with E-state index in [0.29, 0.717) is 11.7 Å². The molecule has 1 aliphatic carbocycles. The summed E-state index contributed by atoms with van der Waals surface area (Å²) in [4.78, 5) is 15.8. The van der Waals surface area contributed by atoms with Crippen molar-refractivity contribution in [3.05, 3.63) is 54.1 Å². The molecule has 1 amide bonds. The van der Waals surface area contributed by atoms with Gasteiger partial charge in [-0.2, -0.15) is 5.10 Å². The van der Waals surface area contributed by atoms with Crippen LogP contribution in [0.3, 0.4) is 0 Å². The maximum Gasteiger partial charge on any atom is 0.289 e. The minimum absolute atomic E-state index is 0.302. The summed E-state index contributed by atoms with van der Waals surface area (Å²) < 4.78 is 2.26. The van der Waals surface area contributed by atoms with Gasteiger partial charge in [0.1, 0.15) is 5.69 Å². The molecule has 3 rings (SSSR count). The number of carbonyl (C=O) groups excluding carboxylic acids is 1. The van der Waals surface area contributed by atoms with Crippen LogP contribution in [-0.4, -0.2) is 21.7 Å². The molecular weight excluding hydrogens is 276 g/mol. The van der Waals surface area contributed by atoms with Gasteiger partial charge in [-0.25, -0.2) is 5.43 Å². The van der Waals surface area contributed by atoms with Gasteiger partial charge >= 0.3 is 0 Å². The van der Waals surface area contributed by atoms with Crippen LogP contribution in [0.5, 0.6) is 0 Å². The topological polar surface area (TPSA) is 59.3 Å². The summed E-state index contributed by atoms with van der Waals surface area (Å²) in [6, 6.07) is 7.83. The van der Waals surface area contributed by atoms with E-state index >= 15 is 0 Å². The first-order valence-corrected chi connectivity index (χ1v) is 7.75. The molecule has 1 fully saturated rings. The molecule has 2 aromatic rings. The number of carbonyl (C=O) groups is 1. The average Bonchev–Trinajstić information content (AvgIpc) is 3.05. The summed E-state index contributed by atoms with van der Waals surface area (Å²) in [5, 5.41) is 4.00. The summed E-state index contributed by atoms with van der Waals surface area (Å²) in [5.74, 6) is -0.302. The molecule has 5 nitrogen and oxygen atoms in total. The summed E-state index contributed by atoms with van der Waals surface area (Å²) in [6.45, 7) is 0. The van der Waals surface area contributed by atoms with E-state index in [4.69, 9.17) is 0 Å². The monoisotopic (exact) mass is 296 g/mol. The van der Waals surface area contributed by atoms with E-state index in [1.54, 1.807) is 30.6 Å². The van der Waals surface area contributed by atoms with Gasteiger partial charge in [-0.1, -0.05) is 25.3 Å². The fraction of sp³-hybridized carbons (Fsp3) is 0.353. The quantitative estimate of drug-likeness (QED) is 0.696. The van der Waals surface area contributed by atoms with E-state index in [-0.39, 0.29) is 5.91 Å². The third-order valence-corrected chi connectivity index (χ3v) is 4.01. The minimum Gasteiger partial charge on any atom is -0.351 e. The molecule has 0 aromatic carbocycles. The SMILES string of the molecule is O=C(N/N=C\c1ccn(C2CCCCC2)c1)c1ccccn1. The highest BCUT2D eigenvalue weighted by molar-refractivity contribution is 5.92. The first-order chi connectivity index (χ1) is 10.8. The second-order valence-corrected chi connectivity index (χ2v) is 5.60. The molecule has 2 heterocycles. The molecule has 1 N–H and O–H groups in total. The summed E-state index contributed by atoms with van der Waals surface area (Å²) >= 11 is 0. The van der Waals surface area contributed by atoms with Crippen LogP contribution in [-0.2, 0) is 0 Å². The number of nitrogens with one attached hydrogen (secondary N) is 1. The number of hydrogen-bond acceptors (Lipinski definition) is 3. The highest BCUT2D eigenvalue weighted by Gasteiger charge is 2.14. The lowest BCUT2D eigenvalue weighted by atomic mass is 9.95. The molecule has 0 aliphatic heterocycles. The van der Waals surface area contributed by atoms with Crippen molar-refractivity contribution in [3.63, 3.8) is 0 Å². The van der Waals surface area contributed by atoms with Crippen molar-refractivity contribution in [2.24, 2.45) is 5.10 Å². The normalized spacial score (nSPS) is 16.0. The molecule has 22 heavy (non-hydrogen) atoms. The number of aromatic nitrogens is 2. The molecule has 0 unspecified atom stereocenters. The predicted molar refractivity (Wildman–Crippen MR) is 85.9 cm³/mol. The molecule has 114 valence electrons. The summed E-state index contributed by atoms with van der Waals surface area (Å²) in [7, 11) is 0. The van der Waals surface area contributed by atoms with Gasteiger partial charge in [-0.05, 0) is 31.0 Å². The smallest absolute Gasteiger partial charge is 0.289 e. The van der Waals surface area contributed by atoms with Gasteiger partial charge in [-0.3, -0.25) is 9.78 Å². The van der Waals surface area contributed by atoms with Crippen LogP contribution in [0.25, 0.3) is 0 Å². The summed E-state index contributed by atoms with van der Waals surface area (Å²) in [5.41, 5.74) is 3.85. The lowest BCUT2D eigenvalue weighted by Gasteiger charge is -2.23. The Labute approximate surface area is 130 Å². The van der Waals surface area contributed by atoms with Gasteiger partial charge < -0.3 is 4.57 Å². The maximum atomic E-state index is 11.8. The Kier molecular flexibility index (Phi) is 4.63. The first-order valence-electron chi connectivity index (χ1n) is 7.75. The number of pyridine rings is 1. The van der Waals surface area contributed by atoms with Crippen molar-refractivity contribution < 1.29 is 4.79 Å². The van der Waals surface area contributed by atoms with Crippen LogP contribution < -0.4 is 5.43 Å². The Morgan fingerprint density at radius 1 is 1.27 bits per heavy atom. The molecule has 5 heteroatoms. The second-order valence-electron chi connectivity index (χ2n) is 5.60. The zero-order valence-electron chi connectivity index (χ0n) is 12.5. The van der Waals surface area contributed by atoms with Crippen molar-refractivity contribution in [1.29, 1.82) is 0 Å². The number of rotatable bonds is 4. The third-order valence-electron chi connectivity index (χ3n) is 4.01. The Bertz CT molecular complexity index is 642. The second kappa shape index (κ2) is 7.02. The number of nitrogens with zero attached hydrogens (tertiary/aromatic N) is 3. The van der Waals surface area contributed by atoms with Crippen LogP contribution in [0, 0.1) is 0 Å². The maximum absolute atomic E-state index is 11.8. The molecule has 0 radical (unpaired) electrons. The van der Waals surface area contributed by atoms with Gasteiger partial charge in [0.05, 0.1) is 6.21 Å². The van der Waals surface area contributed by atoms with E-state index in [1.807, 2.05) is 6.07 Å². The first kappa shape index (κ1) is 14.5. The Balaban J connectivity index is 1.57. The van der Waals surface area contributed by atoms with Crippen molar-refractivity contribution >= 4 is 12.1 Å². The zero-order chi connectivity index (χ0) is 15.2. The predicted octanol–water partition coefficient (Wildman–Crippen LogP) is 3.15. The van der Waals surface area contributed by atoms with E-state index < -0.39 is 0 Å². The fourth-order valence-corrected chi connectivity index (χ4v) is 2.83. The molecule has 0 saturated heterocycles. The minimum atomic E-state index is -0.302. The lowest BCUT2D eigenvalue weighted by Crippen LogP contribution is -2.18. The van der Waals surface area contributed by atoms with Gasteiger partial charge in [-0.15, -0.1) is 0 Å². The number of amides is 1. The van der Waals surface area contributed by atoms with E-state index in [1.165, 1.54) is 32.1 Å². The van der Waals surface area contributed by atoms with Gasteiger partial charge in [0.2, 0.25) is 0 Å². The Hall–Kier alpha value is -2.43. The van der Waals surface area contributed by atoms with E-state index in [9.17, 15) is 4.79 Å². The highest BCUT2D eigenvalue weighted by Crippen LogP contribution is 2.28. The van der Waals surface area contributed by atoms with Crippen LogP contribution in [0.4, 0.5) is 0 Å². The number of hydrogen-bond donors (Lipinski definition) is 1. The number of hydrazone groups is 1. The molecular formula is C17H20N4O. The van der Waals surface area contributed by atoms with Gasteiger partial charge in [0.25, 0.3) is 5.91 Å². The molecule has 1 aliphatic rings. The molecule has 0 bridgehead atoms. The lowest BCUT2D eigenvalue weighted by molar-refractivity contribution is 0.0950. The molecule has 1 saturated carbocycles. The largest absolute Gasteiger partial charge is 0.351 e.